The molecule has 0 heterocycles. The van der Waals surface area contributed by atoms with Gasteiger partial charge in [0.1, 0.15) is 23.4 Å². The number of alkyl carbamates (subject to hydrolysis) is 1. The Labute approximate surface area is 236 Å². The number of phenolic OH excluding ortho intramolecular Hbond substituents is 1. The highest BCUT2D eigenvalue weighted by atomic mass is 16.6. The van der Waals surface area contributed by atoms with Gasteiger partial charge in [-0.1, -0.05) is 78.0 Å². The number of hydrogen-bond donors (Lipinski definition) is 3. The van der Waals surface area contributed by atoms with Gasteiger partial charge in [0.05, 0.1) is 0 Å². The lowest BCUT2D eigenvalue weighted by Crippen LogP contribution is -2.53. The highest BCUT2D eigenvalue weighted by Crippen LogP contribution is 2.33. The second kappa shape index (κ2) is 17.0. The molecule has 8 heteroatoms. The Morgan fingerprint density at radius 2 is 1.64 bits per heavy atom. The Kier molecular flexibility index (Phi) is 15.0. The zero-order valence-corrected chi connectivity index (χ0v) is 25.6. The highest BCUT2D eigenvalue weighted by molar-refractivity contribution is 5.92. The fourth-order valence-electron chi connectivity index (χ4n) is 4.45. The molecule has 222 valence electrons. The molecule has 3 N–H and O–H groups in total. The maximum absolute atomic E-state index is 14.2. The minimum atomic E-state index is -1.03. The zero-order valence-electron chi connectivity index (χ0n) is 25.6. The van der Waals surface area contributed by atoms with Crippen LogP contribution in [-0.4, -0.2) is 52.6 Å². The minimum absolute atomic E-state index is 0.00178. The maximum Gasteiger partial charge on any atom is 0.408 e. The summed E-state index contributed by atoms with van der Waals surface area (Å²) in [4.78, 5) is 42.2. The average molecular weight is 548 g/mol. The number of hydrogen-bond acceptors (Lipinski definition) is 5. The molecular weight excluding hydrogens is 494 g/mol. The molecule has 0 saturated carbocycles. The van der Waals surface area contributed by atoms with Gasteiger partial charge < -0.3 is 25.4 Å². The predicted molar refractivity (Wildman–Crippen MR) is 157 cm³/mol. The number of nitrogens with one attached hydrogen (secondary N) is 2. The molecule has 0 saturated heterocycles. The van der Waals surface area contributed by atoms with Crippen LogP contribution in [0.3, 0.4) is 0 Å². The summed E-state index contributed by atoms with van der Waals surface area (Å²) < 4.78 is 5.46. The van der Waals surface area contributed by atoms with Gasteiger partial charge in [0.15, 0.2) is 0 Å². The van der Waals surface area contributed by atoms with Crippen molar-refractivity contribution < 1.29 is 24.2 Å². The molecule has 0 bridgehead atoms. The molecule has 0 aliphatic carbocycles. The molecule has 0 aromatic heterocycles. The number of rotatable bonds is 16. The fourth-order valence-corrected chi connectivity index (χ4v) is 4.45. The third kappa shape index (κ3) is 12.3. The first-order valence-corrected chi connectivity index (χ1v) is 14.7. The van der Waals surface area contributed by atoms with E-state index in [0.717, 1.165) is 38.5 Å². The quantitative estimate of drug-likeness (QED) is 0.208. The SMILES string of the molecule is CCCCCCN(C(=O)C(CC(C)C)NC(=O)OC(C)(C)C)C(C(=O)NCCCCC)c1cccc(C)c1O. The van der Waals surface area contributed by atoms with Crippen molar-refractivity contribution in [2.75, 3.05) is 13.1 Å². The molecule has 0 aliphatic rings. The topological polar surface area (TPSA) is 108 Å². The summed E-state index contributed by atoms with van der Waals surface area (Å²) in [7, 11) is 0. The van der Waals surface area contributed by atoms with E-state index < -0.39 is 23.8 Å². The third-order valence-electron chi connectivity index (χ3n) is 6.43. The lowest BCUT2D eigenvalue weighted by atomic mass is 9.97. The fraction of sp³-hybridized carbons (Fsp3) is 0.710. The van der Waals surface area contributed by atoms with Crippen LogP contribution in [-0.2, 0) is 14.3 Å². The number of aromatic hydroxyl groups is 1. The largest absolute Gasteiger partial charge is 0.507 e. The second-order valence-electron chi connectivity index (χ2n) is 11.8. The third-order valence-corrected chi connectivity index (χ3v) is 6.43. The maximum atomic E-state index is 14.2. The summed E-state index contributed by atoms with van der Waals surface area (Å²) in [5.74, 6) is -0.598. The van der Waals surface area contributed by atoms with E-state index in [4.69, 9.17) is 4.74 Å². The lowest BCUT2D eigenvalue weighted by Gasteiger charge is -2.35. The van der Waals surface area contributed by atoms with E-state index in [1.54, 1.807) is 50.8 Å². The molecule has 0 fully saturated rings. The molecule has 39 heavy (non-hydrogen) atoms. The summed E-state index contributed by atoms with van der Waals surface area (Å²) in [5.41, 5.74) is 0.288. The van der Waals surface area contributed by atoms with Crippen molar-refractivity contribution in [3.63, 3.8) is 0 Å². The highest BCUT2D eigenvalue weighted by Gasteiger charge is 2.37. The molecule has 2 atom stereocenters. The van der Waals surface area contributed by atoms with Crippen LogP contribution in [0.15, 0.2) is 18.2 Å². The molecule has 0 aliphatic heterocycles. The minimum Gasteiger partial charge on any atom is -0.507 e. The smallest absolute Gasteiger partial charge is 0.408 e. The van der Waals surface area contributed by atoms with Crippen LogP contribution in [0.5, 0.6) is 5.75 Å². The predicted octanol–water partition coefficient (Wildman–Crippen LogP) is 6.40. The number of para-hydroxylation sites is 1. The first kappa shape index (κ1) is 34.3. The number of aryl methyl sites for hydroxylation is 1. The van der Waals surface area contributed by atoms with Gasteiger partial charge in [-0.15, -0.1) is 0 Å². The van der Waals surface area contributed by atoms with Crippen LogP contribution in [0.4, 0.5) is 4.79 Å². The molecule has 1 rings (SSSR count). The van der Waals surface area contributed by atoms with E-state index in [0.29, 0.717) is 37.1 Å². The molecule has 2 unspecified atom stereocenters. The summed E-state index contributed by atoms with van der Waals surface area (Å²) in [6, 6.07) is 3.34. The number of unbranched alkanes of at least 4 members (excludes halogenated alkanes) is 5. The van der Waals surface area contributed by atoms with E-state index in [9.17, 15) is 19.5 Å². The number of benzene rings is 1. The van der Waals surface area contributed by atoms with Crippen molar-refractivity contribution in [2.24, 2.45) is 5.92 Å². The first-order chi connectivity index (χ1) is 18.3. The zero-order chi connectivity index (χ0) is 29.6. The lowest BCUT2D eigenvalue weighted by molar-refractivity contribution is -0.143. The Morgan fingerprint density at radius 1 is 1.00 bits per heavy atom. The van der Waals surface area contributed by atoms with Crippen LogP contribution in [0.25, 0.3) is 0 Å². The Morgan fingerprint density at radius 3 is 2.23 bits per heavy atom. The molecular formula is C31H53N3O5. The average Bonchev–Trinajstić information content (AvgIpc) is 2.83. The number of carbonyl (C=O) groups excluding carboxylic acids is 3. The second-order valence-corrected chi connectivity index (χ2v) is 11.8. The van der Waals surface area contributed by atoms with Crippen LogP contribution in [0, 0.1) is 12.8 Å². The normalized spacial score (nSPS) is 13.1. The summed E-state index contributed by atoms with van der Waals surface area (Å²) in [6.45, 7) is 16.1. The Bertz CT molecular complexity index is 910. The van der Waals surface area contributed by atoms with E-state index in [1.165, 1.54) is 0 Å². The number of carbonyl (C=O) groups is 3. The van der Waals surface area contributed by atoms with Gasteiger partial charge in [0.2, 0.25) is 11.8 Å². The van der Waals surface area contributed by atoms with Crippen molar-refractivity contribution in [1.82, 2.24) is 15.5 Å². The van der Waals surface area contributed by atoms with Crippen LogP contribution in [0.1, 0.15) is 117 Å². The van der Waals surface area contributed by atoms with E-state index in [2.05, 4.69) is 24.5 Å². The summed E-state index contributed by atoms with van der Waals surface area (Å²) in [6.07, 6.45) is 6.19. The van der Waals surface area contributed by atoms with Crippen LogP contribution in [0.2, 0.25) is 0 Å². The molecule has 1 aromatic rings. The van der Waals surface area contributed by atoms with Crippen molar-refractivity contribution in [3.05, 3.63) is 29.3 Å². The van der Waals surface area contributed by atoms with Crippen molar-refractivity contribution in [3.8, 4) is 5.75 Å². The standard InChI is InChI=1S/C31H53N3O5/c1-9-11-13-15-20-34(29(37)25(21-22(3)4)33-30(38)39-31(6,7)8)26(28(36)32-19-14-12-10-2)24-18-16-17-23(5)27(24)35/h16-18,22,25-26,35H,9-15,19-21H2,1-8H3,(H,32,36)(H,33,38). The molecule has 8 nitrogen and oxygen atoms in total. The van der Waals surface area contributed by atoms with Crippen molar-refractivity contribution in [2.45, 2.75) is 124 Å². The molecule has 1 aromatic carbocycles. The monoisotopic (exact) mass is 547 g/mol. The van der Waals surface area contributed by atoms with Crippen molar-refractivity contribution >= 4 is 17.9 Å². The van der Waals surface area contributed by atoms with Gasteiger partial charge in [-0.2, -0.15) is 0 Å². The first-order valence-electron chi connectivity index (χ1n) is 14.7. The summed E-state index contributed by atoms with van der Waals surface area (Å²) >= 11 is 0. The van der Waals surface area contributed by atoms with Gasteiger partial charge in [0, 0.05) is 18.7 Å². The summed E-state index contributed by atoms with van der Waals surface area (Å²) in [5, 5.41) is 16.8. The molecule has 0 spiro atoms. The van der Waals surface area contributed by atoms with Gasteiger partial charge in [-0.05, 0) is 58.4 Å². The van der Waals surface area contributed by atoms with Crippen LogP contribution >= 0.6 is 0 Å². The van der Waals surface area contributed by atoms with Gasteiger partial charge in [-0.3, -0.25) is 9.59 Å². The number of amides is 3. The van der Waals surface area contributed by atoms with Crippen molar-refractivity contribution in [1.29, 1.82) is 0 Å². The van der Waals surface area contributed by atoms with Gasteiger partial charge in [0.25, 0.3) is 0 Å². The van der Waals surface area contributed by atoms with Crippen LogP contribution < -0.4 is 10.6 Å². The van der Waals surface area contributed by atoms with Gasteiger partial charge >= 0.3 is 6.09 Å². The molecule has 0 radical (unpaired) electrons. The Balaban J connectivity index is 3.51. The number of ether oxygens (including phenoxy) is 1. The number of phenols is 1. The number of nitrogens with zero attached hydrogens (tertiary/aromatic N) is 1. The van der Waals surface area contributed by atoms with E-state index in [1.807, 2.05) is 13.8 Å². The van der Waals surface area contributed by atoms with Gasteiger partial charge in [-0.25, -0.2) is 4.79 Å². The van der Waals surface area contributed by atoms with E-state index in [-0.39, 0.29) is 23.5 Å². The molecule has 3 amide bonds. The van der Waals surface area contributed by atoms with E-state index >= 15 is 0 Å². The Hall–Kier alpha value is -2.77.